The van der Waals surface area contributed by atoms with Crippen molar-refractivity contribution in [2.75, 3.05) is 26.7 Å². The quantitative estimate of drug-likeness (QED) is 0.476. The minimum absolute atomic E-state index is 0.0479. The van der Waals surface area contributed by atoms with Crippen molar-refractivity contribution in [1.29, 1.82) is 0 Å². The summed E-state index contributed by atoms with van der Waals surface area (Å²) in [5.41, 5.74) is -0.120. The lowest BCUT2D eigenvalue weighted by molar-refractivity contribution is -0.138. The van der Waals surface area contributed by atoms with Gasteiger partial charge in [0.2, 0.25) is 0 Å². The van der Waals surface area contributed by atoms with Gasteiger partial charge in [-0.05, 0) is 87.5 Å². The smallest absolute Gasteiger partial charge is 0.416 e. The molecular weight excluding hydrogens is 470 g/mol. The van der Waals surface area contributed by atoms with Crippen LogP contribution in [0.25, 0.3) is 0 Å². The van der Waals surface area contributed by atoms with Gasteiger partial charge in [-0.15, -0.1) is 0 Å². The van der Waals surface area contributed by atoms with Crippen LogP contribution >= 0.6 is 0 Å². The van der Waals surface area contributed by atoms with Crippen molar-refractivity contribution in [2.24, 2.45) is 5.92 Å². The molecule has 2 aliphatic heterocycles. The van der Waals surface area contributed by atoms with Crippen LogP contribution in [0.3, 0.4) is 0 Å². The van der Waals surface area contributed by atoms with E-state index in [9.17, 15) is 26.3 Å². The molecule has 2 aliphatic rings. The van der Waals surface area contributed by atoms with Gasteiger partial charge in [-0.3, -0.25) is 0 Å². The van der Waals surface area contributed by atoms with Gasteiger partial charge in [0.05, 0.1) is 11.1 Å². The molecule has 0 spiro atoms. The van der Waals surface area contributed by atoms with Crippen molar-refractivity contribution in [3.63, 3.8) is 0 Å². The van der Waals surface area contributed by atoms with E-state index in [1.165, 1.54) is 24.3 Å². The Morgan fingerprint density at radius 3 is 2.14 bits per heavy atom. The van der Waals surface area contributed by atoms with Crippen LogP contribution in [0.1, 0.15) is 54.0 Å². The van der Waals surface area contributed by atoms with Crippen LogP contribution in [0, 0.1) is 5.92 Å². The molecule has 3 nitrogen and oxygen atoms in total. The van der Waals surface area contributed by atoms with E-state index in [1.807, 2.05) is 7.05 Å². The number of benzene rings is 2. The van der Waals surface area contributed by atoms with Crippen molar-refractivity contribution in [1.82, 2.24) is 10.2 Å². The van der Waals surface area contributed by atoms with Gasteiger partial charge in [-0.2, -0.15) is 26.3 Å². The van der Waals surface area contributed by atoms with Gasteiger partial charge in [-0.25, -0.2) is 0 Å². The number of ether oxygens (including phenoxy) is 1. The third kappa shape index (κ3) is 6.70. The Balaban J connectivity index is 1.51. The molecule has 0 radical (unpaired) electrons. The largest absolute Gasteiger partial charge is 0.490 e. The number of hydrogen-bond acceptors (Lipinski definition) is 3. The Kier molecular flexibility index (Phi) is 7.66. The summed E-state index contributed by atoms with van der Waals surface area (Å²) >= 11 is 0. The first kappa shape index (κ1) is 25.8. The van der Waals surface area contributed by atoms with E-state index in [-0.39, 0.29) is 18.1 Å². The summed E-state index contributed by atoms with van der Waals surface area (Å²) in [4.78, 5) is 2.20. The van der Waals surface area contributed by atoms with E-state index in [1.54, 1.807) is 0 Å². The second kappa shape index (κ2) is 10.4. The number of hydrogen-bond donors (Lipinski definition) is 1. The maximum atomic E-state index is 13.5. The van der Waals surface area contributed by atoms with E-state index in [4.69, 9.17) is 4.74 Å². The highest BCUT2D eigenvalue weighted by Crippen LogP contribution is 2.39. The summed E-state index contributed by atoms with van der Waals surface area (Å²) in [5, 5.41) is 3.34. The van der Waals surface area contributed by atoms with Crippen LogP contribution in [0.4, 0.5) is 26.3 Å². The van der Waals surface area contributed by atoms with Crippen molar-refractivity contribution >= 4 is 0 Å². The number of nitrogens with zero attached hydrogens (tertiary/aromatic N) is 1. The molecule has 192 valence electrons. The molecule has 0 amide bonds. The number of likely N-dealkylation sites (tertiary alicyclic amines) is 1. The minimum atomic E-state index is -4.46. The zero-order valence-corrected chi connectivity index (χ0v) is 19.6. The maximum absolute atomic E-state index is 13.5. The Morgan fingerprint density at radius 2 is 1.51 bits per heavy atom. The van der Waals surface area contributed by atoms with Gasteiger partial charge in [0.1, 0.15) is 11.9 Å². The number of nitrogens with one attached hydrogen (secondary N) is 1. The fourth-order valence-corrected chi connectivity index (χ4v) is 4.97. The fraction of sp³-hybridized carbons (Fsp3) is 0.538. The molecule has 0 aromatic heterocycles. The summed E-state index contributed by atoms with van der Waals surface area (Å²) < 4.78 is 85.3. The summed E-state index contributed by atoms with van der Waals surface area (Å²) in [6.45, 7) is 2.36. The SMILES string of the molecule is CN1CCC(Oc2ccc(C(F)(F)F)cc2C2CC(Cc3ccc(C(F)(F)F)cc3)CCN2)CC1. The van der Waals surface area contributed by atoms with Crippen LogP contribution in [0.2, 0.25) is 0 Å². The monoisotopic (exact) mass is 500 g/mol. The van der Waals surface area contributed by atoms with E-state index in [2.05, 4.69) is 10.2 Å². The predicted octanol–water partition coefficient (Wildman–Crippen LogP) is 6.48. The van der Waals surface area contributed by atoms with Crippen molar-refractivity contribution in [3.05, 3.63) is 64.7 Å². The molecule has 2 atom stereocenters. The first-order chi connectivity index (χ1) is 16.5. The molecule has 9 heteroatoms. The van der Waals surface area contributed by atoms with E-state index in [0.717, 1.165) is 56.1 Å². The second-order valence-corrected chi connectivity index (χ2v) is 9.67. The Labute approximate surface area is 201 Å². The highest BCUT2D eigenvalue weighted by molar-refractivity contribution is 5.41. The van der Waals surface area contributed by atoms with Gasteiger partial charge < -0.3 is 15.0 Å². The highest BCUT2D eigenvalue weighted by atomic mass is 19.4. The third-order valence-electron chi connectivity index (χ3n) is 6.99. The lowest BCUT2D eigenvalue weighted by Crippen LogP contribution is -2.36. The number of alkyl halides is 6. The third-order valence-corrected chi connectivity index (χ3v) is 6.99. The van der Waals surface area contributed by atoms with Crippen LogP contribution in [-0.4, -0.2) is 37.7 Å². The zero-order valence-electron chi connectivity index (χ0n) is 19.6. The van der Waals surface area contributed by atoms with Crippen LogP contribution < -0.4 is 10.1 Å². The molecule has 1 N–H and O–H groups in total. The van der Waals surface area contributed by atoms with Crippen molar-refractivity contribution < 1.29 is 31.1 Å². The molecule has 0 saturated carbocycles. The Hall–Kier alpha value is -2.26. The lowest BCUT2D eigenvalue weighted by Gasteiger charge is -2.34. The van der Waals surface area contributed by atoms with Crippen LogP contribution in [0.5, 0.6) is 5.75 Å². The summed E-state index contributed by atoms with van der Waals surface area (Å²) in [5.74, 6) is 0.601. The molecule has 2 heterocycles. The summed E-state index contributed by atoms with van der Waals surface area (Å²) in [7, 11) is 2.03. The van der Waals surface area contributed by atoms with E-state index < -0.39 is 23.5 Å². The normalized spacial score (nSPS) is 22.8. The van der Waals surface area contributed by atoms with Gasteiger partial charge in [0.25, 0.3) is 0 Å². The topological polar surface area (TPSA) is 24.5 Å². The summed E-state index contributed by atoms with van der Waals surface area (Å²) in [6, 6.07) is 8.47. The van der Waals surface area contributed by atoms with Crippen molar-refractivity contribution in [2.45, 2.75) is 56.6 Å². The second-order valence-electron chi connectivity index (χ2n) is 9.67. The van der Waals surface area contributed by atoms with Gasteiger partial charge in [0, 0.05) is 24.7 Å². The molecule has 2 saturated heterocycles. The van der Waals surface area contributed by atoms with E-state index >= 15 is 0 Å². The number of rotatable bonds is 5. The molecule has 0 bridgehead atoms. The predicted molar refractivity (Wildman–Crippen MR) is 121 cm³/mol. The van der Waals surface area contributed by atoms with Gasteiger partial charge >= 0.3 is 12.4 Å². The zero-order chi connectivity index (χ0) is 25.2. The van der Waals surface area contributed by atoms with Gasteiger partial charge in [-0.1, -0.05) is 12.1 Å². The molecule has 2 aromatic rings. The van der Waals surface area contributed by atoms with Crippen LogP contribution in [0.15, 0.2) is 42.5 Å². The Morgan fingerprint density at radius 1 is 0.886 bits per heavy atom. The van der Waals surface area contributed by atoms with Gasteiger partial charge in [0.15, 0.2) is 0 Å². The fourth-order valence-electron chi connectivity index (χ4n) is 4.97. The average Bonchev–Trinajstić information content (AvgIpc) is 2.80. The highest BCUT2D eigenvalue weighted by Gasteiger charge is 2.34. The molecule has 2 unspecified atom stereocenters. The Bertz CT molecular complexity index is 981. The number of piperidine rings is 2. The maximum Gasteiger partial charge on any atom is 0.416 e. The molecule has 0 aliphatic carbocycles. The van der Waals surface area contributed by atoms with E-state index in [0.29, 0.717) is 30.7 Å². The average molecular weight is 501 g/mol. The lowest BCUT2D eigenvalue weighted by atomic mass is 9.84. The molecular formula is C26H30F6N2O. The van der Waals surface area contributed by atoms with Crippen molar-refractivity contribution in [3.8, 4) is 5.75 Å². The standard InChI is InChI=1S/C26H30F6N2O/c1-34-12-9-21(10-13-34)35-24-7-6-20(26(30,31)32)16-22(24)23-15-18(8-11-33-23)14-17-2-4-19(5-3-17)25(27,28)29/h2-7,16,18,21,23,33H,8-15H2,1H3. The summed E-state index contributed by atoms with van der Waals surface area (Å²) in [6.07, 6.45) is -5.33. The molecule has 35 heavy (non-hydrogen) atoms. The van der Waals surface area contributed by atoms with Crippen LogP contribution in [-0.2, 0) is 18.8 Å². The number of halogens is 6. The molecule has 4 rings (SSSR count). The first-order valence-corrected chi connectivity index (χ1v) is 11.9. The molecule has 2 fully saturated rings. The first-order valence-electron chi connectivity index (χ1n) is 11.9. The minimum Gasteiger partial charge on any atom is -0.490 e. The molecule has 2 aromatic carbocycles.